The summed E-state index contributed by atoms with van der Waals surface area (Å²) < 4.78 is 5.57. The van der Waals surface area contributed by atoms with E-state index in [9.17, 15) is 14.7 Å². The lowest BCUT2D eigenvalue weighted by atomic mass is 9.96. The van der Waals surface area contributed by atoms with Crippen molar-refractivity contribution in [3.05, 3.63) is 0 Å². The Bertz CT molecular complexity index is 375. The van der Waals surface area contributed by atoms with Crippen LogP contribution in [0.2, 0.25) is 0 Å². The van der Waals surface area contributed by atoms with Crippen LogP contribution in [-0.2, 0) is 9.53 Å². The summed E-state index contributed by atoms with van der Waals surface area (Å²) >= 11 is 0. The second-order valence-corrected chi connectivity index (χ2v) is 5.99. The molecule has 108 valence electrons. The van der Waals surface area contributed by atoms with Crippen LogP contribution < -0.4 is 10.6 Å². The van der Waals surface area contributed by atoms with E-state index in [0.717, 1.165) is 25.7 Å². The SMILES string of the molecule is CC1(CNC(=O)NC(C)(C(=O)O)C2CC2)CCCO1. The van der Waals surface area contributed by atoms with E-state index >= 15 is 0 Å². The molecule has 2 fully saturated rings. The van der Waals surface area contributed by atoms with Crippen LogP contribution in [0, 0.1) is 5.92 Å². The van der Waals surface area contributed by atoms with Crippen molar-refractivity contribution in [3.8, 4) is 0 Å². The van der Waals surface area contributed by atoms with Gasteiger partial charge in [-0.2, -0.15) is 0 Å². The largest absolute Gasteiger partial charge is 0.480 e. The minimum absolute atomic E-state index is 0.0362. The average molecular weight is 270 g/mol. The molecule has 3 N–H and O–H groups in total. The van der Waals surface area contributed by atoms with Crippen LogP contribution in [0.1, 0.15) is 39.5 Å². The third-order valence-electron chi connectivity index (χ3n) is 4.13. The number of nitrogens with one attached hydrogen (secondary N) is 2. The zero-order valence-electron chi connectivity index (χ0n) is 11.5. The number of hydrogen-bond donors (Lipinski definition) is 3. The van der Waals surface area contributed by atoms with Gasteiger partial charge in [-0.25, -0.2) is 9.59 Å². The van der Waals surface area contributed by atoms with E-state index in [2.05, 4.69) is 10.6 Å². The van der Waals surface area contributed by atoms with Gasteiger partial charge in [0.1, 0.15) is 5.54 Å². The highest BCUT2D eigenvalue weighted by Crippen LogP contribution is 2.39. The van der Waals surface area contributed by atoms with Gasteiger partial charge in [-0.1, -0.05) is 0 Å². The highest BCUT2D eigenvalue weighted by molar-refractivity contribution is 5.86. The Morgan fingerprint density at radius 2 is 2.16 bits per heavy atom. The number of carbonyl (C=O) groups is 2. The number of amides is 2. The maximum absolute atomic E-state index is 11.9. The minimum Gasteiger partial charge on any atom is -0.480 e. The van der Waals surface area contributed by atoms with Crippen LogP contribution in [0.4, 0.5) is 4.79 Å². The van der Waals surface area contributed by atoms with Gasteiger partial charge in [0, 0.05) is 13.2 Å². The molecule has 1 aliphatic carbocycles. The van der Waals surface area contributed by atoms with Gasteiger partial charge in [-0.05, 0) is 45.4 Å². The fourth-order valence-electron chi connectivity index (χ4n) is 2.51. The summed E-state index contributed by atoms with van der Waals surface area (Å²) in [6.07, 6.45) is 3.61. The molecule has 1 saturated heterocycles. The lowest BCUT2D eigenvalue weighted by Crippen LogP contribution is -2.58. The van der Waals surface area contributed by atoms with E-state index in [1.165, 1.54) is 0 Å². The topological polar surface area (TPSA) is 87.7 Å². The van der Waals surface area contributed by atoms with Crippen LogP contribution in [-0.4, -0.2) is 41.4 Å². The molecule has 1 heterocycles. The van der Waals surface area contributed by atoms with Crippen LogP contribution in [0.15, 0.2) is 0 Å². The number of hydrogen-bond acceptors (Lipinski definition) is 3. The van der Waals surface area contributed by atoms with Gasteiger partial charge in [0.05, 0.1) is 5.60 Å². The Labute approximate surface area is 112 Å². The molecule has 2 aliphatic rings. The number of aliphatic carboxylic acids is 1. The zero-order chi connectivity index (χ0) is 14.1. The predicted molar refractivity (Wildman–Crippen MR) is 68.9 cm³/mol. The van der Waals surface area contributed by atoms with E-state index in [-0.39, 0.29) is 11.5 Å². The Hall–Kier alpha value is -1.30. The molecule has 19 heavy (non-hydrogen) atoms. The van der Waals surface area contributed by atoms with Crippen molar-refractivity contribution in [2.75, 3.05) is 13.2 Å². The second kappa shape index (κ2) is 5.00. The van der Waals surface area contributed by atoms with Gasteiger partial charge in [0.15, 0.2) is 0 Å². The summed E-state index contributed by atoms with van der Waals surface area (Å²) in [7, 11) is 0. The summed E-state index contributed by atoms with van der Waals surface area (Å²) in [6, 6.07) is -0.437. The van der Waals surface area contributed by atoms with Crippen molar-refractivity contribution in [2.24, 2.45) is 5.92 Å². The van der Waals surface area contributed by atoms with Crippen molar-refractivity contribution in [3.63, 3.8) is 0 Å². The van der Waals surface area contributed by atoms with Crippen molar-refractivity contribution < 1.29 is 19.4 Å². The van der Waals surface area contributed by atoms with E-state index in [4.69, 9.17) is 4.74 Å². The molecule has 2 unspecified atom stereocenters. The molecule has 0 bridgehead atoms. The third kappa shape index (κ3) is 3.18. The first-order valence-electron chi connectivity index (χ1n) is 6.79. The first-order chi connectivity index (χ1) is 8.86. The van der Waals surface area contributed by atoms with Crippen molar-refractivity contribution in [1.29, 1.82) is 0 Å². The molecule has 2 amide bonds. The summed E-state index contributed by atoms with van der Waals surface area (Å²) in [5.41, 5.74) is -1.49. The standard InChI is InChI=1S/C13H22N2O4/c1-12(6-3-7-19-12)8-14-11(18)15-13(2,10(16)17)9-4-5-9/h9H,3-8H2,1-2H3,(H,16,17)(H2,14,15,18). The minimum atomic E-state index is -1.17. The first-order valence-corrected chi connectivity index (χ1v) is 6.79. The maximum Gasteiger partial charge on any atom is 0.329 e. The number of urea groups is 1. The molecule has 2 atom stereocenters. The van der Waals surface area contributed by atoms with Crippen molar-refractivity contribution >= 4 is 12.0 Å². The Morgan fingerprint density at radius 1 is 1.47 bits per heavy atom. The fraction of sp³-hybridized carbons (Fsp3) is 0.846. The molecule has 0 aromatic rings. The van der Waals surface area contributed by atoms with E-state index in [0.29, 0.717) is 13.2 Å². The van der Waals surface area contributed by atoms with Gasteiger partial charge < -0.3 is 20.5 Å². The van der Waals surface area contributed by atoms with E-state index < -0.39 is 17.5 Å². The first kappa shape index (κ1) is 14.1. The quantitative estimate of drug-likeness (QED) is 0.698. The van der Waals surface area contributed by atoms with Crippen LogP contribution in [0.5, 0.6) is 0 Å². The van der Waals surface area contributed by atoms with E-state index in [1.54, 1.807) is 6.92 Å². The molecule has 6 nitrogen and oxygen atoms in total. The second-order valence-electron chi connectivity index (χ2n) is 5.99. The number of ether oxygens (including phenoxy) is 1. The lowest BCUT2D eigenvalue weighted by Gasteiger charge is -2.28. The summed E-state index contributed by atoms with van der Waals surface area (Å²) in [5, 5.41) is 14.6. The van der Waals surface area contributed by atoms with Gasteiger partial charge in [-0.15, -0.1) is 0 Å². The molecule has 0 aromatic heterocycles. The summed E-state index contributed by atoms with van der Waals surface area (Å²) in [4.78, 5) is 23.1. The number of carbonyl (C=O) groups excluding carboxylic acids is 1. The van der Waals surface area contributed by atoms with Crippen LogP contribution in [0.25, 0.3) is 0 Å². The van der Waals surface area contributed by atoms with Crippen molar-refractivity contribution in [2.45, 2.75) is 50.7 Å². The van der Waals surface area contributed by atoms with Crippen molar-refractivity contribution in [1.82, 2.24) is 10.6 Å². The van der Waals surface area contributed by atoms with Gasteiger partial charge in [0.25, 0.3) is 0 Å². The summed E-state index contributed by atoms with van der Waals surface area (Å²) in [6.45, 7) is 4.64. The van der Waals surface area contributed by atoms with Gasteiger partial charge >= 0.3 is 12.0 Å². The molecule has 6 heteroatoms. The fourth-order valence-corrected chi connectivity index (χ4v) is 2.51. The molecule has 0 spiro atoms. The number of carboxylic acids is 1. The Morgan fingerprint density at radius 3 is 2.63 bits per heavy atom. The number of rotatable bonds is 5. The molecular formula is C13H22N2O4. The summed E-state index contributed by atoms with van der Waals surface area (Å²) in [5.74, 6) is -0.942. The highest BCUT2D eigenvalue weighted by Gasteiger charge is 2.48. The van der Waals surface area contributed by atoms with Gasteiger partial charge in [0.2, 0.25) is 0 Å². The molecule has 1 saturated carbocycles. The molecule has 0 radical (unpaired) electrons. The molecule has 1 aliphatic heterocycles. The normalized spacial score (nSPS) is 29.6. The lowest BCUT2D eigenvalue weighted by molar-refractivity contribution is -0.144. The Kier molecular flexibility index (Phi) is 3.71. The third-order valence-corrected chi connectivity index (χ3v) is 4.13. The highest BCUT2D eigenvalue weighted by atomic mass is 16.5. The number of carboxylic acid groups (broad SMARTS) is 1. The molecule has 2 rings (SSSR count). The van der Waals surface area contributed by atoms with Crippen LogP contribution in [0.3, 0.4) is 0 Å². The monoisotopic (exact) mass is 270 g/mol. The van der Waals surface area contributed by atoms with Crippen LogP contribution >= 0.6 is 0 Å². The van der Waals surface area contributed by atoms with E-state index in [1.807, 2.05) is 6.92 Å². The zero-order valence-corrected chi connectivity index (χ0v) is 11.5. The average Bonchev–Trinajstić information content (AvgIpc) is 3.11. The maximum atomic E-state index is 11.9. The predicted octanol–water partition coefficient (Wildman–Crippen LogP) is 1.11. The molecular weight excluding hydrogens is 248 g/mol. The van der Waals surface area contributed by atoms with Gasteiger partial charge in [-0.3, -0.25) is 0 Å². The Balaban J connectivity index is 1.84. The smallest absolute Gasteiger partial charge is 0.329 e. The molecule has 0 aromatic carbocycles.